The molecular formula is C23H21FN4O3. The maximum absolute atomic E-state index is 14.0. The summed E-state index contributed by atoms with van der Waals surface area (Å²) in [5.41, 5.74) is 8.97. The Morgan fingerprint density at radius 2 is 1.97 bits per heavy atom. The highest BCUT2D eigenvalue weighted by Gasteiger charge is 2.22. The lowest BCUT2D eigenvalue weighted by molar-refractivity contribution is -0.129. The molecule has 0 spiro atoms. The number of rotatable bonds is 6. The third-order valence-corrected chi connectivity index (χ3v) is 5.15. The van der Waals surface area contributed by atoms with Gasteiger partial charge in [0, 0.05) is 35.1 Å². The molecule has 3 N–H and O–H groups in total. The number of carbonyl (C=O) groups is 2. The van der Waals surface area contributed by atoms with Crippen LogP contribution in [0.2, 0.25) is 0 Å². The van der Waals surface area contributed by atoms with E-state index in [0.29, 0.717) is 39.0 Å². The molecule has 0 radical (unpaired) electrons. The first-order valence-electron chi connectivity index (χ1n) is 9.69. The summed E-state index contributed by atoms with van der Waals surface area (Å²) < 4.78 is 19.2. The molecule has 7 nitrogen and oxygen atoms in total. The van der Waals surface area contributed by atoms with E-state index < -0.39 is 11.7 Å². The lowest BCUT2D eigenvalue weighted by Gasteiger charge is -2.16. The van der Waals surface area contributed by atoms with Crippen molar-refractivity contribution in [2.45, 2.75) is 19.9 Å². The third-order valence-electron chi connectivity index (χ3n) is 5.15. The first kappa shape index (κ1) is 20.3. The van der Waals surface area contributed by atoms with Crippen LogP contribution in [0.5, 0.6) is 0 Å². The number of nitrogens with two attached hydrogens (primary N) is 1. The van der Waals surface area contributed by atoms with Gasteiger partial charge >= 0.3 is 0 Å². The average molecular weight is 420 g/mol. The molecule has 0 unspecified atom stereocenters. The Kier molecular flexibility index (Phi) is 5.29. The molecule has 2 aromatic carbocycles. The number of likely N-dealkylation sites (N-methyl/N-ethyl adjacent to an activating group) is 1. The van der Waals surface area contributed by atoms with E-state index in [-0.39, 0.29) is 18.9 Å². The standard InChI is InChI=1S/C23H21FN4O3/c1-13-9-15(31-27-13)12-28(2)21(29)11-19-18-10-14(24)7-8-20(18)26-22(19)16-5-3-4-6-17(16)23(25)30/h3-10,26H,11-12H2,1-2H3,(H2,25,30). The molecule has 0 fully saturated rings. The van der Waals surface area contributed by atoms with E-state index in [9.17, 15) is 14.0 Å². The van der Waals surface area contributed by atoms with Gasteiger partial charge in [-0.2, -0.15) is 0 Å². The quantitative estimate of drug-likeness (QED) is 0.497. The molecule has 0 saturated carbocycles. The number of aryl methyl sites for hydroxylation is 1. The molecule has 0 bridgehead atoms. The molecule has 2 heterocycles. The van der Waals surface area contributed by atoms with Crippen molar-refractivity contribution < 1.29 is 18.5 Å². The number of aromatic amines is 1. The van der Waals surface area contributed by atoms with Crippen molar-refractivity contribution in [3.8, 4) is 11.3 Å². The highest BCUT2D eigenvalue weighted by molar-refractivity contribution is 6.03. The van der Waals surface area contributed by atoms with Crippen LogP contribution in [0.15, 0.2) is 53.1 Å². The van der Waals surface area contributed by atoms with E-state index in [1.807, 2.05) is 0 Å². The molecule has 2 aromatic heterocycles. The molecule has 4 aromatic rings. The van der Waals surface area contributed by atoms with Crippen LogP contribution in [0.25, 0.3) is 22.2 Å². The van der Waals surface area contributed by atoms with Gasteiger partial charge in [-0.05, 0) is 36.8 Å². The number of halogens is 1. The van der Waals surface area contributed by atoms with Gasteiger partial charge in [-0.3, -0.25) is 9.59 Å². The van der Waals surface area contributed by atoms with Gasteiger partial charge in [-0.1, -0.05) is 23.4 Å². The van der Waals surface area contributed by atoms with Crippen molar-refractivity contribution in [1.29, 1.82) is 0 Å². The lowest BCUT2D eigenvalue weighted by atomic mass is 9.98. The van der Waals surface area contributed by atoms with Gasteiger partial charge < -0.3 is 20.1 Å². The SMILES string of the molecule is Cc1cc(CN(C)C(=O)Cc2c(-c3ccccc3C(N)=O)[nH]c3ccc(F)cc23)on1. The Labute approximate surface area is 177 Å². The summed E-state index contributed by atoms with van der Waals surface area (Å²) in [6.45, 7) is 2.06. The van der Waals surface area contributed by atoms with Crippen LogP contribution in [0.1, 0.15) is 27.4 Å². The molecule has 4 rings (SSSR count). The van der Waals surface area contributed by atoms with Gasteiger partial charge in [-0.25, -0.2) is 4.39 Å². The first-order valence-corrected chi connectivity index (χ1v) is 9.69. The summed E-state index contributed by atoms with van der Waals surface area (Å²) in [5.74, 6) is -0.634. The average Bonchev–Trinajstić information content (AvgIpc) is 3.31. The molecule has 0 aliphatic carbocycles. The molecule has 2 amide bonds. The fourth-order valence-corrected chi connectivity index (χ4v) is 3.65. The van der Waals surface area contributed by atoms with Crippen LogP contribution in [0.4, 0.5) is 4.39 Å². The molecule has 31 heavy (non-hydrogen) atoms. The fraction of sp³-hybridized carbons (Fsp3) is 0.174. The molecule has 158 valence electrons. The first-order chi connectivity index (χ1) is 14.8. The number of H-pyrrole nitrogens is 1. The van der Waals surface area contributed by atoms with Crippen molar-refractivity contribution >= 4 is 22.7 Å². The number of hydrogen-bond donors (Lipinski definition) is 2. The second kappa shape index (κ2) is 8.06. The Hall–Kier alpha value is -3.94. The molecule has 0 aliphatic heterocycles. The molecule has 0 saturated heterocycles. The van der Waals surface area contributed by atoms with Crippen LogP contribution in [0.3, 0.4) is 0 Å². The van der Waals surface area contributed by atoms with E-state index in [0.717, 1.165) is 5.69 Å². The second-order valence-corrected chi connectivity index (χ2v) is 7.44. The zero-order valence-electron chi connectivity index (χ0n) is 17.1. The number of amides is 2. The lowest BCUT2D eigenvalue weighted by Crippen LogP contribution is -2.27. The summed E-state index contributed by atoms with van der Waals surface area (Å²) in [5, 5.41) is 4.41. The maximum atomic E-state index is 14.0. The number of nitrogens with zero attached hydrogens (tertiary/aromatic N) is 2. The number of nitrogens with one attached hydrogen (secondary N) is 1. The number of fused-ring (bicyclic) bond motifs is 1. The number of carbonyl (C=O) groups excluding carboxylic acids is 2. The Morgan fingerprint density at radius 3 is 2.68 bits per heavy atom. The Balaban J connectivity index is 1.75. The topological polar surface area (TPSA) is 105 Å². The highest BCUT2D eigenvalue weighted by atomic mass is 19.1. The van der Waals surface area contributed by atoms with E-state index in [1.54, 1.807) is 50.4 Å². The Bertz CT molecular complexity index is 1290. The van der Waals surface area contributed by atoms with Crippen molar-refractivity contribution in [1.82, 2.24) is 15.0 Å². The third kappa shape index (κ3) is 4.05. The molecule has 8 heteroatoms. The van der Waals surface area contributed by atoms with Gasteiger partial charge in [0.05, 0.1) is 24.4 Å². The van der Waals surface area contributed by atoms with Gasteiger partial charge in [0.15, 0.2) is 5.76 Å². The minimum Gasteiger partial charge on any atom is -0.366 e. The number of aromatic nitrogens is 2. The fourth-order valence-electron chi connectivity index (χ4n) is 3.65. The smallest absolute Gasteiger partial charge is 0.249 e. The second-order valence-electron chi connectivity index (χ2n) is 7.44. The number of hydrogen-bond acceptors (Lipinski definition) is 4. The van der Waals surface area contributed by atoms with Crippen LogP contribution in [-0.4, -0.2) is 33.9 Å². The highest BCUT2D eigenvalue weighted by Crippen LogP contribution is 2.33. The Morgan fingerprint density at radius 1 is 1.19 bits per heavy atom. The molecule has 0 aliphatic rings. The van der Waals surface area contributed by atoms with Crippen molar-refractivity contribution in [2.75, 3.05) is 7.05 Å². The predicted octanol–water partition coefficient (Wildman–Crippen LogP) is 3.57. The van der Waals surface area contributed by atoms with Crippen molar-refractivity contribution in [2.24, 2.45) is 5.73 Å². The van der Waals surface area contributed by atoms with E-state index in [1.165, 1.54) is 17.0 Å². The largest absolute Gasteiger partial charge is 0.366 e. The summed E-state index contributed by atoms with van der Waals surface area (Å²) in [4.78, 5) is 29.7. The van der Waals surface area contributed by atoms with Crippen LogP contribution in [-0.2, 0) is 17.8 Å². The summed E-state index contributed by atoms with van der Waals surface area (Å²) in [7, 11) is 1.66. The zero-order valence-corrected chi connectivity index (χ0v) is 17.1. The number of primary amides is 1. The van der Waals surface area contributed by atoms with Crippen LogP contribution < -0.4 is 5.73 Å². The minimum absolute atomic E-state index is 0.00446. The summed E-state index contributed by atoms with van der Waals surface area (Å²) >= 11 is 0. The summed E-state index contributed by atoms with van der Waals surface area (Å²) in [6, 6.07) is 12.9. The molecular weight excluding hydrogens is 399 g/mol. The van der Waals surface area contributed by atoms with E-state index >= 15 is 0 Å². The predicted molar refractivity (Wildman–Crippen MR) is 114 cm³/mol. The molecule has 0 atom stereocenters. The van der Waals surface area contributed by atoms with Gasteiger partial charge in [-0.15, -0.1) is 0 Å². The monoisotopic (exact) mass is 420 g/mol. The van der Waals surface area contributed by atoms with Crippen LogP contribution in [0, 0.1) is 12.7 Å². The normalized spacial score (nSPS) is 11.1. The van der Waals surface area contributed by atoms with Crippen molar-refractivity contribution in [3.05, 3.63) is 76.9 Å². The summed E-state index contributed by atoms with van der Waals surface area (Å²) in [6.07, 6.45) is -0.00446. The van der Waals surface area contributed by atoms with E-state index in [4.69, 9.17) is 10.3 Å². The van der Waals surface area contributed by atoms with Gasteiger partial charge in [0.2, 0.25) is 11.8 Å². The van der Waals surface area contributed by atoms with E-state index in [2.05, 4.69) is 10.1 Å². The van der Waals surface area contributed by atoms with Crippen molar-refractivity contribution in [3.63, 3.8) is 0 Å². The van der Waals surface area contributed by atoms with Crippen LogP contribution >= 0.6 is 0 Å². The minimum atomic E-state index is -0.587. The van der Waals surface area contributed by atoms with Gasteiger partial charge in [0.1, 0.15) is 5.82 Å². The maximum Gasteiger partial charge on any atom is 0.249 e. The zero-order chi connectivity index (χ0) is 22.1. The van der Waals surface area contributed by atoms with Gasteiger partial charge in [0.25, 0.3) is 0 Å². The number of benzene rings is 2.